The van der Waals surface area contributed by atoms with Crippen molar-refractivity contribution in [2.24, 2.45) is 0 Å². The van der Waals surface area contributed by atoms with E-state index < -0.39 is 0 Å². The number of rotatable bonds is 10. The van der Waals surface area contributed by atoms with Crippen molar-refractivity contribution < 1.29 is 19.1 Å². The first-order valence-corrected chi connectivity index (χ1v) is 7.40. The van der Waals surface area contributed by atoms with Crippen LogP contribution in [0.3, 0.4) is 0 Å². The minimum atomic E-state index is -0.222. The largest absolute Gasteiger partial charge is 0.494 e. The molecule has 0 fully saturated rings. The molecule has 0 spiro atoms. The molecule has 0 atom stereocenters. The fraction of sp³-hybridized carbons (Fsp3) is 0.500. The van der Waals surface area contributed by atoms with Gasteiger partial charge in [0, 0.05) is 20.1 Å². The molecular weight excluding hydrogens is 284 g/mol. The summed E-state index contributed by atoms with van der Waals surface area (Å²) in [5.74, 6) is 0.420. The van der Waals surface area contributed by atoms with Gasteiger partial charge in [0.25, 0.3) is 0 Å². The van der Waals surface area contributed by atoms with Crippen LogP contribution in [-0.4, -0.2) is 45.2 Å². The van der Waals surface area contributed by atoms with Crippen molar-refractivity contribution in [2.75, 3.05) is 33.4 Å². The molecule has 0 saturated carbocycles. The SMILES string of the molecule is CCOc1ccccc1CCC(=O)NCC(=O)NCCOC. The first-order valence-electron chi connectivity index (χ1n) is 7.40. The monoisotopic (exact) mass is 308 g/mol. The summed E-state index contributed by atoms with van der Waals surface area (Å²) >= 11 is 0. The predicted octanol–water partition coefficient (Wildman–Crippen LogP) is 0.897. The summed E-state index contributed by atoms with van der Waals surface area (Å²) in [4.78, 5) is 23.2. The molecule has 6 nitrogen and oxygen atoms in total. The molecule has 0 radical (unpaired) electrons. The van der Waals surface area contributed by atoms with Crippen LogP contribution in [0.25, 0.3) is 0 Å². The fourth-order valence-corrected chi connectivity index (χ4v) is 1.88. The van der Waals surface area contributed by atoms with Gasteiger partial charge in [-0.3, -0.25) is 9.59 Å². The van der Waals surface area contributed by atoms with Crippen molar-refractivity contribution in [1.82, 2.24) is 10.6 Å². The van der Waals surface area contributed by atoms with Crippen molar-refractivity contribution >= 4 is 11.8 Å². The quantitative estimate of drug-likeness (QED) is 0.630. The van der Waals surface area contributed by atoms with Gasteiger partial charge in [-0.2, -0.15) is 0 Å². The Morgan fingerprint density at radius 1 is 1.14 bits per heavy atom. The molecule has 0 unspecified atom stereocenters. The summed E-state index contributed by atoms with van der Waals surface area (Å²) in [6.45, 7) is 3.38. The van der Waals surface area contributed by atoms with Crippen molar-refractivity contribution in [3.63, 3.8) is 0 Å². The molecule has 1 aromatic carbocycles. The van der Waals surface area contributed by atoms with Crippen LogP contribution in [0.5, 0.6) is 5.75 Å². The minimum Gasteiger partial charge on any atom is -0.494 e. The highest BCUT2D eigenvalue weighted by Gasteiger charge is 2.08. The summed E-state index contributed by atoms with van der Waals surface area (Å²) in [5, 5.41) is 5.24. The van der Waals surface area contributed by atoms with Gasteiger partial charge >= 0.3 is 0 Å². The van der Waals surface area contributed by atoms with Crippen molar-refractivity contribution in [2.45, 2.75) is 19.8 Å². The van der Waals surface area contributed by atoms with Gasteiger partial charge in [-0.15, -0.1) is 0 Å². The van der Waals surface area contributed by atoms with E-state index in [9.17, 15) is 9.59 Å². The lowest BCUT2D eigenvalue weighted by atomic mass is 10.1. The standard InChI is InChI=1S/C16H24N2O4/c1-3-22-14-7-5-4-6-13(14)8-9-15(19)18-12-16(20)17-10-11-21-2/h4-7H,3,8-12H2,1-2H3,(H,17,20)(H,18,19). The first kappa shape index (κ1) is 18.0. The number of nitrogens with one attached hydrogen (secondary N) is 2. The molecule has 0 bridgehead atoms. The van der Waals surface area contributed by atoms with Gasteiger partial charge in [0.1, 0.15) is 5.75 Å². The molecule has 0 aromatic heterocycles. The van der Waals surface area contributed by atoms with E-state index in [4.69, 9.17) is 9.47 Å². The zero-order valence-electron chi connectivity index (χ0n) is 13.2. The van der Waals surface area contributed by atoms with E-state index in [0.717, 1.165) is 11.3 Å². The Balaban J connectivity index is 2.30. The molecule has 1 aromatic rings. The molecule has 0 saturated heterocycles. The molecule has 122 valence electrons. The number of hydrogen-bond acceptors (Lipinski definition) is 4. The van der Waals surface area contributed by atoms with Gasteiger partial charge < -0.3 is 20.1 Å². The third kappa shape index (κ3) is 7.08. The minimum absolute atomic E-state index is 0.0182. The smallest absolute Gasteiger partial charge is 0.239 e. The van der Waals surface area contributed by atoms with Crippen LogP contribution < -0.4 is 15.4 Å². The van der Waals surface area contributed by atoms with E-state index in [0.29, 0.717) is 32.6 Å². The van der Waals surface area contributed by atoms with E-state index in [1.807, 2.05) is 31.2 Å². The van der Waals surface area contributed by atoms with Crippen LogP contribution >= 0.6 is 0 Å². The summed E-state index contributed by atoms with van der Waals surface area (Å²) in [6, 6.07) is 7.65. The topological polar surface area (TPSA) is 76.7 Å². The summed E-state index contributed by atoms with van der Waals surface area (Å²) in [6.07, 6.45) is 0.892. The van der Waals surface area contributed by atoms with Gasteiger partial charge in [-0.1, -0.05) is 18.2 Å². The third-order valence-electron chi connectivity index (χ3n) is 2.97. The predicted molar refractivity (Wildman–Crippen MR) is 83.8 cm³/mol. The summed E-state index contributed by atoms with van der Waals surface area (Å²) < 4.78 is 10.3. The Hall–Kier alpha value is -2.08. The number of methoxy groups -OCH3 is 1. The number of carbonyl (C=O) groups is 2. The fourth-order valence-electron chi connectivity index (χ4n) is 1.88. The number of benzene rings is 1. The average Bonchev–Trinajstić information content (AvgIpc) is 2.52. The molecular formula is C16H24N2O4. The van der Waals surface area contributed by atoms with Gasteiger partial charge in [0.2, 0.25) is 11.8 Å². The van der Waals surface area contributed by atoms with Crippen molar-refractivity contribution in [1.29, 1.82) is 0 Å². The number of hydrogen-bond donors (Lipinski definition) is 2. The number of para-hydroxylation sites is 1. The Bertz CT molecular complexity index is 477. The molecule has 22 heavy (non-hydrogen) atoms. The Morgan fingerprint density at radius 3 is 2.64 bits per heavy atom. The molecule has 0 aliphatic heterocycles. The van der Waals surface area contributed by atoms with E-state index in [-0.39, 0.29) is 18.4 Å². The first-order chi connectivity index (χ1) is 10.7. The third-order valence-corrected chi connectivity index (χ3v) is 2.97. The Labute approximate surface area is 131 Å². The average molecular weight is 308 g/mol. The Morgan fingerprint density at radius 2 is 1.91 bits per heavy atom. The molecule has 6 heteroatoms. The zero-order chi connectivity index (χ0) is 16.2. The Kier molecular flexibility index (Phi) is 8.67. The molecule has 1 rings (SSSR count). The molecule has 0 heterocycles. The van der Waals surface area contributed by atoms with Crippen LogP contribution in [0.1, 0.15) is 18.9 Å². The normalized spacial score (nSPS) is 10.1. The van der Waals surface area contributed by atoms with Crippen LogP contribution in [0.2, 0.25) is 0 Å². The van der Waals surface area contributed by atoms with Gasteiger partial charge in [0.15, 0.2) is 0 Å². The highest BCUT2D eigenvalue weighted by atomic mass is 16.5. The number of carbonyl (C=O) groups excluding carboxylic acids is 2. The maximum atomic E-state index is 11.8. The molecule has 2 N–H and O–H groups in total. The second-order valence-corrected chi connectivity index (χ2v) is 4.66. The number of aryl methyl sites for hydroxylation is 1. The highest BCUT2D eigenvalue weighted by Crippen LogP contribution is 2.19. The number of amides is 2. The summed E-state index contributed by atoms with van der Waals surface area (Å²) in [5.41, 5.74) is 0.990. The van der Waals surface area contributed by atoms with Crippen LogP contribution in [0.4, 0.5) is 0 Å². The van der Waals surface area contributed by atoms with E-state index in [1.165, 1.54) is 0 Å². The zero-order valence-corrected chi connectivity index (χ0v) is 13.2. The molecule has 0 aliphatic rings. The van der Waals surface area contributed by atoms with Crippen molar-refractivity contribution in [3.8, 4) is 5.75 Å². The maximum absolute atomic E-state index is 11.8. The summed E-state index contributed by atoms with van der Waals surface area (Å²) in [7, 11) is 1.56. The van der Waals surface area contributed by atoms with E-state index in [2.05, 4.69) is 10.6 Å². The van der Waals surface area contributed by atoms with Crippen LogP contribution in [0, 0.1) is 0 Å². The van der Waals surface area contributed by atoms with E-state index in [1.54, 1.807) is 7.11 Å². The lowest BCUT2D eigenvalue weighted by molar-refractivity contribution is -0.126. The highest BCUT2D eigenvalue weighted by molar-refractivity contribution is 5.84. The van der Waals surface area contributed by atoms with Crippen LogP contribution in [0.15, 0.2) is 24.3 Å². The van der Waals surface area contributed by atoms with Crippen molar-refractivity contribution in [3.05, 3.63) is 29.8 Å². The second kappa shape index (κ2) is 10.6. The van der Waals surface area contributed by atoms with Gasteiger partial charge in [0.05, 0.1) is 19.8 Å². The van der Waals surface area contributed by atoms with Crippen LogP contribution in [-0.2, 0) is 20.7 Å². The molecule has 2 amide bonds. The lowest BCUT2D eigenvalue weighted by Gasteiger charge is -2.10. The maximum Gasteiger partial charge on any atom is 0.239 e. The number of ether oxygens (including phenoxy) is 2. The van der Waals surface area contributed by atoms with Gasteiger partial charge in [-0.25, -0.2) is 0 Å². The lowest BCUT2D eigenvalue weighted by Crippen LogP contribution is -2.38. The van der Waals surface area contributed by atoms with Gasteiger partial charge in [-0.05, 0) is 25.0 Å². The van der Waals surface area contributed by atoms with E-state index >= 15 is 0 Å². The molecule has 0 aliphatic carbocycles. The second-order valence-electron chi connectivity index (χ2n) is 4.66.